The predicted octanol–water partition coefficient (Wildman–Crippen LogP) is 1.70. The second kappa shape index (κ2) is 5.43. The first-order valence-corrected chi connectivity index (χ1v) is 7.12. The van der Waals surface area contributed by atoms with E-state index in [1.54, 1.807) is 0 Å². The summed E-state index contributed by atoms with van der Waals surface area (Å²) in [7, 11) is 0. The molecular weight excluding hydrogens is 327 g/mol. The number of nitrogens with zero attached hydrogens (tertiary/aromatic N) is 2. The van der Waals surface area contributed by atoms with Crippen LogP contribution in [0.2, 0.25) is 0 Å². The Hall–Kier alpha value is -2.71. The van der Waals surface area contributed by atoms with E-state index in [1.807, 2.05) is 0 Å². The van der Waals surface area contributed by atoms with Crippen molar-refractivity contribution in [1.29, 1.82) is 0 Å². The van der Waals surface area contributed by atoms with Gasteiger partial charge in [0.25, 0.3) is 5.56 Å². The summed E-state index contributed by atoms with van der Waals surface area (Å²) < 4.78 is 39.5. The van der Waals surface area contributed by atoms with Crippen molar-refractivity contribution in [2.24, 2.45) is 0 Å². The summed E-state index contributed by atoms with van der Waals surface area (Å²) in [6.45, 7) is 1.44. The van der Waals surface area contributed by atoms with Crippen molar-refractivity contribution in [3.05, 3.63) is 39.9 Å². The lowest BCUT2D eigenvalue weighted by Gasteiger charge is -2.24. The number of fused-ring (bicyclic) bond motifs is 1. The number of rotatable bonds is 1. The van der Waals surface area contributed by atoms with E-state index >= 15 is 0 Å². The number of carbonyl (C=O) groups excluding carboxylic acids is 2. The van der Waals surface area contributed by atoms with Crippen LogP contribution in [0.4, 0.5) is 13.2 Å². The van der Waals surface area contributed by atoms with E-state index in [0.717, 1.165) is 22.8 Å². The Balaban J connectivity index is 2.16. The SMILES string of the molecule is Cc1nc2cc(C(F)(F)F)ccc2c(=O)n1[C@H]1CCC(=O)NC1=O. The zero-order valence-electron chi connectivity index (χ0n) is 12.5. The van der Waals surface area contributed by atoms with Crippen LogP contribution in [0.5, 0.6) is 0 Å². The second-order valence-corrected chi connectivity index (χ2v) is 5.53. The number of alkyl halides is 3. The fourth-order valence-electron chi connectivity index (χ4n) is 2.78. The highest BCUT2D eigenvalue weighted by atomic mass is 19.4. The minimum atomic E-state index is -4.54. The Bertz CT molecular complexity index is 918. The Kier molecular flexibility index (Phi) is 3.66. The Morgan fingerprint density at radius 3 is 2.58 bits per heavy atom. The summed E-state index contributed by atoms with van der Waals surface area (Å²) in [6, 6.07) is 1.75. The molecule has 1 N–H and O–H groups in total. The van der Waals surface area contributed by atoms with Crippen molar-refractivity contribution in [2.75, 3.05) is 0 Å². The molecule has 1 aliphatic heterocycles. The van der Waals surface area contributed by atoms with Crippen molar-refractivity contribution in [3.8, 4) is 0 Å². The van der Waals surface area contributed by atoms with Crippen molar-refractivity contribution < 1.29 is 22.8 Å². The molecule has 24 heavy (non-hydrogen) atoms. The first-order chi connectivity index (χ1) is 11.2. The van der Waals surface area contributed by atoms with Crippen LogP contribution in [0.1, 0.15) is 30.3 Å². The fraction of sp³-hybridized carbons (Fsp3) is 0.333. The van der Waals surface area contributed by atoms with Crippen LogP contribution in [0, 0.1) is 6.92 Å². The summed E-state index contributed by atoms with van der Waals surface area (Å²) >= 11 is 0. The lowest BCUT2D eigenvalue weighted by atomic mass is 10.0. The molecule has 126 valence electrons. The third-order valence-electron chi connectivity index (χ3n) is 3.93. The van der Waals surface area contributed by atoms with Crippen LogP contribution in [0.3, 0.4) is 0 Å². The Labute approximate surface area is 133 Å². The van der Waals surface area contributed by atoms with Gasteiger partial charge < -0.3 is 0 Å². The van der Waals surface area contributed by atoms with Gasteiger partial charge in [-0.15, -0.1) is 0 Å². The molecule has 1 aromatic heterocycles. The number of amides is 2. The topological polar surface area (TPSA) is 81.1 Å². The summed E-state index contributed by atoms with van der Waals surface area (Å²) in [5.41, 5.74) is -1.60. The third kappa shape index (κ3) is 2.66. The van der Waals surface area contributed by atoms with E-state index in [4.69, 9.17) is 0 Å². The predicted molar refractivity (Wildman–Crippen MR) is 77.2 cm³/mol. The molecular formula is C15H12F3N3O3. The molecule has 0 radical (unpaired) electrons. The van der Waals surface area contributed by atoms with Gasteiger partial charge in [0.05, 0.1) is 16.5 Å². The average Bonchev–Trinajstić information content (AvgIpc) is 2.47. The normalized spacial score (nSPS) is 18.8. The lowest BCUT2D eigenvalue weighted by molar-refractivity contribution is -0.138. The molecule has 0 aliphatic carbocycles. The molecule has 0 saturated carbocycles. The Morgan fingerprint density at radius 1 is 1.25 bits per heavy atom. The number of piperidine rings is 1. The zero-order chi connectivity index (χ0) is 17.6. The van der Waals surface area contributed by atoms with Crippen molar-refractivity contribution in [3.63, 3.8) is 0 Å². The minimum absolute atomic E-state index is 0.0155. The molecule has 1 fully saturated rings. The molecule has 0 spiro atoms. The quantitative estimate of drug-likeness (QED) is 0.802. The molecule has 1 atom stereocenters. The summed E-state index contributed by atoms with van der Waals surface area (Å²) in [5.74, 6) is -0.934. The standard InChI is InChI=1S/C15H12F3N3O3/c1-7-19-10-6-8(15(16,17)18)2-3-9(10)14(24)21(7)11-4-5-12(22)20-13(11)23/h2-3,6,11H,4-5H2,1H3,(H,20,22,23)/t11-/m0/s1. The number of halogens is 3. The number of hydrogen-bond acceptors (Lipinski definition) is 4. The van der Waals surface area contributed by atoms with Gasteiger partial charge in [-0.2, -0.15) is 13.2 Å². The van der Waals surface area contributed by atoms with Gasteiger partial charge >= 0.3 is 6.18 Å². The van der Waals surface area contributed by atoms with Gasteiger partial charge in [-0.25, -0.2) is 4.98 Å². The van der Waals surface area contributed by atoms with Gasteiger partial charge in [-0.1, -0.05) is 0 Å². The third-order valence-corrected chi connectivity index (χ3v) is 3.93. The van der Waals surface area contributed by atoms with Gasteiger partial charge in [0.15, 0.2) is 0 Å². The van der Waals surface area contributed by atoms with Crippen LogP contribution in [0.15, 0.2) is 23.0 Å². The van der Waals surface area contributed by atoms with Crippen molar-refractivity contribution in [1.82, 2.24) is 14.9 Å². The molecule has 2 aromatic rings. The second-order valence-electron chi connectivity index (χ2n) is 5.53. The molecule has 6 nitrogen and oxygen atoms in total. The molecule has 0 unspecified atom stereocenters. The van der Waals surface area contributed by atoms with Gasteiger partial charge in [0, 0.05) is 6.42 Å². The van der Waals surface area contributed by atoms with E-state index < -0.39 is 35.2 Å². The van der Waals surface area contributed by atoms with Gasteiger partial charge in [-0.3, -0.25) is 24.3 Å². The van der Waals surface area contributed by atoms with Gasteiger partial charge in [0.1, 0.15) is 11.9 Å². The van der Waals surface area contributed by atoms with E-state index in [2.05, 4.69) is 10.3 Å². The van der Waals surface area contributed by atoms with Crippen molar-refractivity contribution in [2.45, 2.75) is 32.0 Å². The number of imide groups is 1. The van der Waals surface area contributed by atoms with E-state index in [1.165, 1.54) is 6.92 Å². The number of benzene rings is 1. The van der Waals surface area contributed by atoms with Crippen LogP contribution >= 0.6 is 0 Å². The molecule has 1 aromatic carbocycles. The molecule has 1 saturated heterocycles. The number of hydrogen-bond donors (Lipinski definition) is 1. The van der Waals surface area contributed by atoms with Gasteiger partial charge in [0.2, 0.25) is 11.8 Å². The maximum absolute atomic E-state index is 12.8. The molecule has 1 aliphatic rings. The van der Waals surface area contributed by atoms with Gasteiger partial charge in [-0.05, 0) is 31.5 Å². The van der Waals surface area contributed by atoms with E-state index in [0.29, 0.717) is 0 Å². The molecule has 9 heteroatoms. The average molecular weight is 339 g/mol. The maximum Gasteiger partial charge on any atom is 0.416 e. The highest BCUT2D eigenvalue weighted by Crippen LogP contribution is 2.30. The maximum atomic E-state index is 12.8. The van der Waals surface area contributed by atoms with E-state index in [-0.39, 0.29) is 29.6 Å². The number of carbonyl (C=O) groups is 2. The fourth-order valence-corrected chi connectivity index (χ4v) is 2.78. The smallest absolute Gasteiger partial charge is 0.295 e. The van der Waals surface area contributed by atoms with Crippen LogP contribution in [0.25, 0.3) is 10.9 Å². The number of nitrogens with one attached hydrogen (secondary N) is 1. The largest absolute Gasteiger partial charge is 0.416 e. The van der Waals surface area contributed by atoms with Crippen LogP contribution < -0.4 is 10.9 Å². The summed E-state index contributed by atoms with van der Waals surface area (Å²) in [4.78, 5) is 39.8. The molecule has 3 rings (SSSR count). The molecule has 2 amide bonds. The summed E-state index contributed by atoms with van der Waals surface area (Å²) in [5, 5.41) is 2.13. The zero-order valence-corrected chi connectivity index (χ0v) is 12.5. The van der Waals surface area contributed by atoms with Crippen molar-refractivity contribution >= 4 is 22.7 Å². The van der Waals surface area contributed by atoms with Crippen LogP contribution in [-0.4, -0.2) is 21.4 Å². The highest BCUT2D eigenvalue weighted by molar-refractivity contribution is 5.99. The van der Waals surface area contributed by atoms with Crippen LogP contribution in [-0.2, 0) is 15.8 Å². The number of aromatic nitrogens is 2. The number of aryl methyl sites for hydroxylation is 1. The Morgan fingerprint density at radius 2 is 1.96 bits per heavy atom. The minimum Gasteiger partial charge on any atom is -0.295 e. The molecule has 0 bridgehead atoms. The van der Waals surface area contributed by atoms with E-state index in [9.17, 15) is 27.6 Å². The molecule has 2 heterocycles. The first kappa shape index (κ1) is 16.2. The lowest BCUT2D eigenvalue weighted by Crippen LogP contribution is -2.45. The monoisotopic (exact) mass is 339 g/mol. The highest BCUT2D eigenvalue weighted by Gasteiger charge is 2.32. The first-order valence-electron chi connectivity index (χ1n) is 7.12. The summed E-state index contributed by atoms with van der Waals surface area (Å²) in [6.07, 6.45) is -4.32.